The summed E-state index contributed by atoms with van der Waals surface area (Å²) in [6.07, 6.45) is 1.65. The number of ketones is 1. The molecule has 2 N–H and O–H groups in total. The summed E-state index contributed by atoms with van der Waals surface area (Å²) in [7, 11) is 0. The Hall–Kier alpha value is -1.68. The molecule has 0 spiro atoms. The Morgan fingerprint density at radius 1 is 1.35 bits per heavy atom. The molecule has 2 aromatic rings. The van der Waals surface area contributed by atoms with Gasteiger partial charge in [0.15, 0.2) is 5.78 Å². The Balaban J connectivity index is 2.32. The van der Waals surface area contributed by atoms with E-state index in [4.69, 9.17) is 10.2 Å². The smallest absolute Gasteiger partial charge is 0.161 e. The first-order chi connectivity index (χ1) is 8.08. The number of nitrogen functional groups attached to an aromatic ring is 1. The largest absolute Gasteiger partial charge is 0.468 e. The maximum atomic E-state index is 11.4. The Morgan fingerprint density at radius 3 is 2.71 bits per heavy atom. The lowest BCUT2D eigenvalue weighted by atomic mass is 10.1. The second-order valence-corrected chi connectivity index (χ2v) is 4.86. The number of benzene rings is 1. The van der Waals surface area contributed by atoms with Crippen molar-refractivity contribution < 1.29 is 9.21 Å². The Kier molecular flexibility index (Phi) is 3.24. The zero-order valence-corrected chi connectivity index (χ0v) is 10.5. The number of anilines is 1. The molecular formula is C13H13NO2S. The number of nitrogens with two attached hydrogens (primary N) is 1. The molecule has 1 aromatic carbocycles. The summed E-state index contributed by atoms with van der Waals surface area (Å²) in [6, 6.07) is 7.38. The Bertz CT molecular complexity index is 560. The van der Waals surface area contributed by atoms with Crippen molar-refractivity contribution in [3.63, 3.8) is 0 Å². The van der Waals surface area contributed by atoms with E-state index in [1.165, 1.54) is 6.92 Å². The number of Topliss-reactive ketones (excluding diaryl/α,β-unsaturated/α-hetero) is 1. The number of rotatable bonds is 3. The van der Waals surface area contributed by atoms with E-state index in [0.717, 1.165) is 15.6 Å². The van der Waals surface area contributed by atoms with Gasteiger partial charge in [-0.2, -0.15) is 0 Å². The van der Waals surface area contributed by atoms with Gasteiger partial charge in [-0.25, -0.2) is 0 Å². The van der Waals surface area contributed by atoms with E-state index in [1.807, 2.05) is 25.1 Å². The van der Waals surface area contributed by atoms with Gasteiger partial charge in [0.25, 0.3) is 0 Å². The number of hydrogen-bond acceptors (Lipinski definition) is 4. The van der Waals surface area contributed by atoms with Crippen molar-refractivity contribution in [2.24, 2.45) is 0 Å². The van der Waals surface area contributed by atoms with Crippen LogP contribution in [0.15, 0.2) is 44.7 Å². The van der Waals surface area contributed by atoms with Gasteiger partial charge < -0.3 is 10.2 Å². The fraction of sp³-hybridized carbons (Fsp3) is 0.154. The van der Waals surface area contributed by atoms with Crippen molar-refractivity contribution in [3.05, 3.63) is 41.9 Å². The first kappa shape index (κ1) is 11.8. The van der Waals surface area contributed by atoms with Gasteiger partial charge in [-0.1, -0.05) is 11.8 Å². The van der Waals surface area contributed by atoms with E-state index in [0.29, 0.717) is 11.3 Å². The lowest BCUT2D eigenvalue weighted by Crippen LogP contribution is -1.99. The summed E-state index contributed by atoms with van der Waals surface area (Å²) >= 11 is 1.56. The molecule has 88 valence electrons. The van der Waals surface area contributed by atoms with Gasteiger partial charge >= 0.3 is 0 Å². The molecule has 0 saturated heterocycles. The maximum Gasteiger partial charge on any atom is 0.161 e. The average molecular weight is 247 g/mol. The highest BCUT2D eigenvalue weighted by Crippen LogP contribution is 2.32. The van der Waals surface area contributed by atoms with E-state index in [2.05, 4.69) is 0 Å². The average Bonchev–Trinajstić information content (AvgIpc) is 2.67. The van der Waals surface area contributed by atoms with Gasteiger partial charge in [0.2, 0.25) is 0 Å². The highest BCUT2D eigenvalue weighted by atomic mass is 32.2. The molecule has 2 rings (SSSR count). The predicted octanol–water partition coefficient (Wildman–Crippen LogP) is 3.52. The summed E-state index contributed by atoms with van der Waals surface area (Å²) in [6.45, 7) is 3.43. The van der Waals surface area contributed by atoms with Crippen LogP contribution in [0.3, 0.4) is 0 Å². The van der Waals surface area contributed by atoms with Crippen LogP contribution in [0.4, 0.5) is 5.69 Å². The first-order valence-corrected chi connectivity index (χ1v) is 6.02. The molecule has 0 unspecified atom stereocenters. The second-order valence-electron chi connectivity index (χ2n) is 3.75. The van der Waals surface area contributed by atoms with E-state index < -0.39 is 0 Å². The topological polar surface area (TPSA) is 56.2 Å². The van der Waals surface area contributed by atoms with Crippen LogP contribution in [0.5, 0.6) is 0 Å². The molecule has 17 heavy (non-hydrogen) atoms. The standard InChI is InChI=1S/C13H13NO2S/c1-8(15)11-7-10(3-4-12(11)14)17-13-5-6-16-9(13)2/h3-7H,14H2,1-2H3. The third kappa shape index (κ3) is 2.53. The lowest BCUT2D eigenvalue weighted by molar-refractivity contribution is 0.101. The predicted molar refractivity (Wildman–Crippen MR) is 68.4 cm³/mol. The van der Waals surface area contributed by atoms with Crippen LogP contribution in [0.25, 0.3) is 0 Å². The summed E-state index contributed by atoms with van der Waals surface area (Å²) in [4.78, 5) is 13.4. The monoisotopic (exact) mass is 247 g/mol. The normalized spacial score (nSPS) is 10.5. The van der Waals surface area contributed by atoms with Crippen LogP contribution >= 0.6 is 11.8 Å². The lowest BCUT2D eigenvalue weighted by Gasteiger charge is -2.05. The molecule has 3 nitrogen and oxygen atoms in total. The molecule has 1 heterocycles. The minimum absolute atomic E-state index is 0.0196. The third-order valence-electron chi connectivity index (χ3n) is 2.44. The Labute approximate surface area is 104 Å². The zero-order valence-electron chi connectivity index (χ0n) is 9.69. The van der Waals surface area contributed by atoms with Crippen molar-refractivity contribution in [3.8, 4) is 0 Å². The van der Waals surface area contributed by atoms with Crippen LogP contribution in [0.1, 0.15) is 23.0 Å². The minimum atomic E-state index is -0.0196. The highest BCUT2D eigenvalue weighted by Gasteiger charge is 2.08. The number of carbonyl (C=O) groups excluding carboxylic acids is 1. The fourth-order valence-electron chi connectivity index (χ4n) is 1.51. The first-order valence-electron chi connectivity index (χ1n) is 5.20. The maximum absolute atomic E-state index is 11.4. The number of carbonyl (C=O) groups is 1. The van der Waals surface area contributed by atoms with E-state index in [9.17, 15) is 4.79 Å². The van der Waals surface area contributed by atoms with Gasteiger partial charge in [-0.3, -0.25) is 4.79 Å². The minimum Gasteiger partial charge on any atom is -0.468 e. The van der Waals surface area contributed by atoms with Crippen molar-refractivity contribution in [1.82, 2.24) is 0 Å². The van der Waals surface area contributed by atoms with Gasteiger partial charge in [-0.05, 0) is 38.1 Å². The molecule has 1 aromatic heterocycles. The number of aryl methyl sites for hydroxylation is 1. The molecule has 0 amide bonds. The van der Waals surface area contributed by atoms with E-state index >= 15 is 0 Å². The fourth-order valence-corrected chi connectivity index (χ4v) is 2.39. The summed E-state index contributed by atoms with van der Waals surface area (Å²) < 4.78 is 5.23. The molecule has 0 saturated carbocycles. The molecule has 0 aliphatic carbocycles. The van der Waals surface area contributed by atoms with Crippen molar-refractivity contribution in [2.45, 2.75) is 23.6 Å². The highest BCUT2D eigenvalue weighted by molar-refractivity contribution is 7.99. The molecule has 0 bridgehead atoms. The van der Waals surface area contributed by atoms with Gasteiger partial charge in [-0.15, -0.1) is 0 Å². The van der Waals surface area contributed by atoms with Gasteiger partial charge in [0.1, 0.15) is 5.76 Å². The van der Waals surface area contributed by atoms with Crippen LogP contribution < -0.4 is 5.73 Å². The molecule has 0 atom stereocenters. The zero-order chi connectivity index (χ0) is 12.4. The molecule has 0 fully saturated rings. The number of hydrogen-bond donors (Lipinski definition) is 1. The van der Waals surface area contributed by atoms with Crippen LogP contribution in [-0.2, 0) is 0 Å². The summed E-state index contributed by atoms with van der Waals surface area (Å²) in [5, 5.41) is 0. The van der Waals surface area contributed by atoms with Crippen molar-refractivity contribution in [1.29, 1.82) is 0 Å². The molecule has 4 heteroatoms. The number of furan rings is 1. The summed E-state index contributed by atoms with van der Waals surface area (Å²) in [5.74, 6) is 0.852. The summed E-state index contributed by atoms with van der Waals surface area (Å²) in [5.41, 5.74) is 6.83. The van der Waals surface area contributed by atoms with E-state index in [-0.39, 0.29) is 5.78 Å². The second kappa shape index (κ2) is 4.67. The molecule has 0 radical (unpaired) electrons. The van der Waals surface area contributed by atoms with Crippen LogP contribution in [0.2, 0.25) is 0 Å². The van der Waals surface area contributed by atoms with Crippen molar-refractivity contribution >= 4 is 23.2 Å². The third-order valence-corrected chi connectivity index (χ3v) is 3.58. The van der Waals surface area contributed by atoms with E-state index in [1.54, 1.807) is 24.1 Å². The van der Waals surface area contributed by atoms with Crippen LogP contribution in [0, 0.1) is 6.92 Å². The van der Waals surface area contributed by atoms with Gasteiger partial charge in [0.05, 0.1) is 11.2 Å². The quantitative estimate of drug-likeness (QED) is 0.666. The van der Waals surface area contributed by atoms with Crippen molar-refractivity contribution in [2.75, 3.05) is 5.73 Å². The Morgan fingerprint density at radius 2 is 2.12 bits per heavy atom. The SMILES string of the molecule is CC(=O)c1cc(Sc2ccoc2C)ccc1N. The molecule has 0 aliphatic rings. The van der Waals surface area contributed by atoms with Crippen LogP contribution in [-0.4, -0.2) is 5.78 Å². The van der Waals surface area contributed by atoms with Gasteiger partial charge in [0, 0.05) is 16.1 Å². The molecular weight excluding hydrogens is 234 g/mol. The molecule has 0 aliphatic heterocycles.